The van der Waals surface area contributed by atoms with Gasteiger partial charge in [0.15, 0.2) is 0 Å². The fourth-order valence-corrected chi connectivity index (χ4v) is 5.95. The highest BCUT2D eigenvalue weighted by atomic mass is 32.2. The molecule has 0 aliphatic carbocycles. The van der Waals surface area contributed by atoms with Gasteiger partial charge in [0.1, 0.15) is 5.75 Å². The highest BCUT2D eigenvalue weighted by Gasteiger charge is 2.33. The van der Waals surface area contributed by atoms with E-state index in [0.717, 1.165) is 0 Å². The zero-order valence-electron chi connectivity index (χ0n) is 19.3. The fourth-order valence-electron chi connectivity index (χ4n) is 3.11. The molecule has 1 fully saturated rings. The molecule has 2 aromatic rings. The van der Waals surface area contributed by atoms with Crippen LogP contribution in [0.1, 0.15) is 6.92 Å². The Balaban J connectivity index is 0.000000678. The van der Waals surface area contributed by atoms with Crippen LogP contribution in [0.15, 0.2) is 58.3 Å². The number of hydrogen-bond acceptors (Lipinski definition) is 8. The summed E-state index contributed by atoms with van der Waals surface area (Å²) in [6.07, 6.45) is 0. The van der Waals surface area contributed by atoms with Gasteiger partial charge in [-0.15, -0.1) is 0 Å². The van der Waals surface area contributed by atoms with Crippen LogP contribution < -0.4 is 10.1 Å². The number of carbonyl (C=O) groups excluding carboxylic acids is 1. The summed E-state index contributed by atoms with van der Waals surface area (Å²) >= 11 is 0. The number of amides is 1. The number of piperazine rings is 1. The highest BCUT2D eigenvalue weighted by Crippen LogP contribution is 2.24. The van der Waals surface area contributed by atoms with Crippen molar-refractivity contribution in [2.24, 2.45) is 0 Å². The Kier molecular flexibility index (Phi) is 9.52. The molecule has 1 heterocycles. The number of nitrogens with zero attached hydrogens (tertiary/aromatic N) is 2. The van der Waals surface area contributed by atoms with Gasteiger partial charge in [-0.25, -0.2) is 26.4 Å². The number of sulfonamides is 2. The van der Waals surface area contributed by atoms with Crippen LogP contribution in [0.3, 0.4) is 0 Å². The van der Waals surface area contributed by atoms with Crippen molar-refractivity contribution in [1.29, 1.82) is 0 Å². The highest BCUT2D eigenvalue weighted by molar-refractivity contribution is 7.89. The summed E-state index contributed by atoms with van der Waals surface area (Å²) in [5.74, 6) is -3.35. The second-order valence-electron chi connectivity index (χ2n) is 7.30. The lowest BCUT2D eigenvalue weighted by molar-refractivity contribution is -0.159. The minimum absolute atomic E-state index is 0.0468. The molecule has 196 valence electrons. The number of nitrogens with one attached hydrogen (secondary N) is 1. The van der Waals surface area contributed by atoms with Gasteiger partial charge in [-0.3, -0.25) is 4.79 Å². The molecular formula is C21H25N3O10S2. The van der Waals surface area contributed by atoms with Gasteiger partial charge in [0.25, 0.3) is 0 Å². The third-order valence-electron chi connectivity index (χ3n) is 4.89. The largest absolute Gasteiger partial charge is 0.497 e. The number of carbonyl (C=O) groups is 3. The lowest BCUT2D eigenvalue weighted by Crippen LogP contribution is -2.50. The third-order valence-corrected chi connectivity index (χ3v) is 8.72. The Morgan fingerprint density at radius 3 is 1.42 bits per heavy atom. The Bertz CT molecular complexity index is 1290. The second-order valence-corrected chi connectivity index (χ2v) is 11.2. The SMILES string of the molecule is COc1ccc(S(=O)(=O)N2CCN(S(=O)(=O)c3ccc(NC(C)=O)cc3)CC2)cc1.O=C(O)C(=O)O. The monoisotopic (exact) mass is 543 g/mol. The molecule has 0 unspecified atom stereocenters. The number of carboxylic acid groups (broad SMARTS) is 2. The third kappa shape index (κ3) is 7.24. The van der Waals surface area contributed by atoms with Crippen LogP contribution in [-0.4, -0.2) is 86.8 Å². The van der Waals surface area contributed by atoms with E-state index in [2.05, 4.69) is 5.32 Å². The number of hydrogen-bond donors (Lipinski definition) is 3. The summed E-state index contributed by atoms with van der Waals surface area (Å²) < 4.78 is 59.0. The Morgan fingerprint density at radius 2 is 1.11 bits per heavy atom. The van der Waals surface area contributed by atoms with Gasteiger partial charge in [0.2, 0.25) is 26.0 Å². The lowest BCUT2D eigenvalue weighted by atomic mass is 10.3. The normalized spacial score (nSPS) is 14.7. The van der Waals surface area contributed by atoms with Gasteiger partial charge in [-0.05, 0) is 48.5 Å². The van der Waals surface area contributed by atoms with Crippen molar-refractivity contribution < 1.29 is 46.2 Å². The maximum Gasteiger partial charge on any atom is 0.414 e. The van der Waals surface area contributed by atoms with Crippen molar-refractivity contribution in [2.45, 2.75) is 16.7 Å². The first-order valence-corrected chi connectivity index (χ1v) is 13.1. The topological polar surface area (TPSA) is 188 Å². The molecule has 13 nitrogen and oxygen atoms in total. The van der Waals surface area contributed by atoms with E-state index in [0.29, 0.717) is 11.4 Å². The molecule has 0 radical (unpaired) electrons. The van der Waals surface area contributed by atoms with Crippen LogP contribution in [0, 0.1) is 0 Å². The Labute approximate surface area is 208 Å². The Morgan fingerprint density at radius 1 is 0.750 bits per heavy atom. The summed E-state index contributed by atoms with van der Waals surface area (Å²) in [5, 5.41) is 17.4. The molecule has 3 N–H and O–H groups in total. The predicted octanol–water partition coefficient (Wildman–Crippen LogP) is 0.504. The zero-order valence-corrected chi connectivity index (χ0v) is 21.0. The van der Waals surface area contributed by atoms with Crippen molar-refractivity contribution in [3.63, 3.8) is 0 Å². The minimum Gasteiger partial charge on any atom is -0.497 e. The van der Waals surface area contributed by atoms with Crippen LogP contribution in [0.25, 0.3) is 0 Å². The van der Waals surface area contributed by atoms with E-state index < -0.39 is 32.0 Å². The lowest BCUT2D eigenvalue weighted by Gasteiger charge is -2.33. The smallest absolute Gasteiger partial charge is 0.414 e. The van der Waals surface area contributed by atoms with Gasteiger partial charge < -0.3 is 20.3 Å². The van der Waals surface area contributed by atoms with E-state index in [1.807, 2.05) is 0 Å². The van der Waals surface area contributed by atoms with Gasteiger partial charge in [-0.2, -0.15) is 8.61 Å². The van der Waals surface area contributed by atoms with Gasteiger partial charge in [0, 0.05) is 38.8 Å². The summed E-state index contributed by atoms with van der Waals surface area (Å²) in [6.45, 7) is 1.57. The first kappa shape index (κ1) is 28.7. The number of ether oxygens (including phenoxy) is 1. The molecule has 0 saturated carbocycles. The number of anilines is 1. The maximum atomic E-state index is 12.9. The molecule has 0 atom stereocenters. The van der Waals surface area contributed by atoms with Crippen molar-refractivity contribution in [3.8, 4) is 5.75 Å². The predicted molar refractivity (Wildman–Crippen MR) is 127 cm³/mol. The number of aliphatic carboxylic acids is 2. The molecule has 1 amide bonds. The molecule has 0 bridgehead atoms. The van der Waals surface area contributed by atoms with Gasteiger partial charge in [0.05, 0.1) is 16.9 Å². The fraction of sp³-hybridized carbons (Fsp3) is 0.286. The summed E-state index contributed by atoms with van der Waals surface area (Å²) in [7, 11) is -5.99. The Hall–Kier alpha value is -3.53. The van der Waals surface area contributed by atoms with Crippen molar-refractivity contribution in [2.75, 3.05) is 38.6 Å². The van der Waals surface area contributed by atoms with Crippen molar-refractivity contribution in [3.05, 3.63) is 48.5 Å². The first-order valence-electron chi connectivity index (χ1n) is 10.3. The molecule has 1 aliphatic rings. The van der Waals surface area contributed by atoms with Crippen LogP contribution in [-0.2, 0) is 34.4 Å². The number of carboxylic acids is 2. The molecule has 0 spiro atoms. The number of benzene rings is 2. The molecule has 1 saturated heterocycles. The van der Waals surface area contributed by atoms with Crippen LogP contribution in [0.4, 0.5) is 5.69 Å². The summed E-state index contributed by atoms with van der Waals surface area (Å²) in [4.78, 5) is 29.5. The summed E-state index contributed by atoms with van der Waals surface area (Å²) in [6, 6.07) is 11.9. The maximum absolute atomic E-state index is 12.9. The molecule has 2 aromatic carbocycles. The standard InChI is InChI=1S/C19H23N3O6S2.C2H2O4/c1-15(23)20-16-3-7-18(8-4-16)29(24,25)21-11-13-22(14-12-21)30(26,27)19-9-5-17(28-2)6-10-19;3-1(4)2(5)6/h3-10H,11-14H2,1-2H3,(H,20,23);(H,3,4)(H,5,6). The van der Waals surface area contributed by atoms with Gasteiger partial charge in [-0.1, -0.05) is 0 Å². The van der Waals surface area contributed by atoms with Gasteiger partial charge >= 0.3 is 11.9 Å². The molecular weight excluding hydrogens is 518 g/mol. The average Bonchev–Trinajstić information content (AvgIpc) is 2.84. The molecule has 1 aliphatic heterocycles. The zero-order chi connectivity index (χ0) is 27.1. The number of rotatable bonds is 6. The van der Waals surface area contributed by atoms with E-state index in [1.54, 1.807) is 12.1 Å². The summed E-state index contributed by atoms with van der Waals surface area (Å²) in [5.41, 5.74) is 0.497. The average molecular weight is 544 g/mol. The van der Waals surface area contributed by atoms with Crippen LogP contribution in [0.5, 0.6) is 5.75 Å². The van der Waals surface area contributed by atoms with E-state index >= 15 is 0 Å². The van der Waals surface area contributed by atoms with E-state index in [-0.39, 0.29) is 41.9 Å². The minimum atomic E-state index is -3.77. The van der Waals surface area contributed by atoms with E-state index in [9.17, 15) is 21.6 Å². The van der Waals surface area contributed by atoms with Crippen molar-refractivity contribution in [1.82, 2.24) is 8.61 Å². The van der Waals surface area contributed by atoms with Crippen molar-refractivity contribution >= 4 is 43.6 Å². The second kappa shape index (κ2) is 11.9. The van der Waals surface area contributed by atoms with Crippen LogP contribution in [0.2, 0.25) is 0 Å². The molecule has 3 rings (SSSR count). The molecule has 0 aromatic heterocycles. The van der Waals surface area contributed by atoms with Crippen LogP contribution >= 0.6 is 0 Å². The quantitative estimate of drug-likeness (QED) is 0.433. The molecule has 15 heteroatoms. The molecule has 36 heavy (non-hydrogen) atoms. The first-order chi connectivity index (χ1) is 16.8. The van der Waals surface area contributed by atoms with E-state index in [1.165, 1.54) is 59.0 Å². The number of methoxy groups -OCH3 is 1. The van der Waals surface area contributed by atoms with E-state index in [4.69, 9.17) is 24.5 Å².